The molecule has 142 valence electrons. The fraction of sp³-hybridized carbons (Fsp3) is 0.421. The highest BCUT2D eigenvalue weighted by molar-refractivity contribution is 7.99. The van der Waals surface area contributed by atoms with Crippen LogP contribution in [0.2, 0.25) is 0 Å². The third-order valence-electron chi connectivity index (χ3n) is 4.64. The molecule has 3 aromatic heterocycles. The predicted molar refractivity (Wildman–Crippen MR) is 101 cm³/mol. The Labute approximate surface area is 161 Å². The number of rotatable bonds is 6. The molecule has 1 amide bonds. The van der Waals surface area contributed by atoms with Gasteiger partial charge in [-0.15, -0.1) is 10.2 Å². The highest BCUT2D eigenvalue weighted by Crippen LogP contribution is 2.26. The Hall–Kier alpha value is -2.48. The summed E-state index contributed by atoms with van der Waals surface area (Å²) in [6.45, 7) is 2.20. The molecule has 0 aliphatic carbocycles. The molecule has 1 saturated heterocycles. The number of aromatic nitrogens is 3. The van der Waals surface area contributed by atoms with E-state index in [1.807, 2.05) is 33.7 Å². The van der Waals surface area contributed by atoms with Crippen LogP contribution in [0.4, 0.5) is 0 Å². The van der Waals surface area contributed by atoms with Crippen molar-refractivity contribution >= 4 is 17.7 Å². The van der Waals surface area contributed by atoms with Crippen molar-refractivity contribution in [3.63, 3.8) is 0 Å². The summed E-state index contributed by atoms with van der Waals surface area (Å²) in [6, 6.07) is 7.42. The maximum atomic E-state index is 12.6. The summed E-state index contributed by atoms with van der Waals surface area (Å²) in [5.74, 6) is 2.58. The normalized spacial score (nSPS) is 15.0. The average molecular weight is 386 g/mol. The summed E-state index contributed by atoms with van der Waals surface area (Å²) < 4.78 is 12.9. The van der Waals surface area contributed by atoms with Gasteiger partial charge in [-0.25, -0.2) is 0 Å². The van der Waals surface area contributed by atoms with Gasteiger partial charge in [0.15, 0.2) is 10.9 Å². The van der Waals surface area contributed by atoms with E-state index in [0.717, 1.165) is 31.7 Å². The van der Waals surface area contributed by atoms with Crippen molar-refractivity contribution in [2.45, 2.75) is 37.4 Å². The van der Waals surface area contributed by atoms with Gasteiger partial charge in [-0.1, -0.05) is 24.6 Å². The van der Waals surface area contributed by atoms with Gasteiger partial charge in [0, 0.05) is 13.1 Å². The van der Waals surface area contributed by atoms with Crippen molar-refractivity contribution in [3.8, 4) is 11.6 Å². The van der Waals surface area contributed by atoms with Gasteiger partial charge in [0.25, 0.3) is 0 Å². The third kappa shape index (κ3) is 4.27. The van der Waals surface area contributed by atoms with Crippen molar-refractivity contribution in [2.24, 2.45) is 0 Å². The van der Waals surface area contributed by atoms with E-state index in [1.165, 1.54) is 24.6 Å². The van der Waals surface area contributed by atoms with Crippen LogP contribution < -0.4 is 0 Å². The first kappa shape index (κ1) is 17.9. The minimum Gasteiger partial charge on any atom is -0.467 e. The van der Waals surface area contributed by atoms with Crippen molar-refractivity contribution in [1.29, 1.82) is 0 Å². The molecule has 0 aromatic carbocycles. The summed E-state index contributed by atoms with van der Waals surface area (Å²) in [5.41, 5.74) is 0. The molecule has 0 N–H and O–H groups in total. The topological polar surface area (TPSA) is 77.3 Å². The zero-order valence-corrected chi connectivity index (χ0v) is 15.9. The number of carbonyl (C=O) groups excluding carboxylic acids is 1. The van der Waals surface area contributed by atoms with Crippen LogP contribution in [0.25, 0.3) is 11.6 Å². The van der Waals surface area contributed by atoms with E-state index < -0.39 is 0 Å². The second kappa shape index (κ2) is 8.47. The summed E-state index contributed by atoms with van der Waals surface area (Å²) in [4.78, 5) is 14.6. The van der Waals surface area contributed by atoms with Crippen LogP contribution in [-0.2, 0) is 11.3 Å². The largest absolute Gasteiger partial charge is 0.467 e. The molecule has 4 heterocycles. The minimum atomic E-state index is 0.161. The van der Waals surface area contributed by atoms with Gasteiger partial charge in [-0.3, -0.25) is 9.36 Å². The second-order valence-corrected chi connectivity index (χ2v) is 7.48. The fourth-order valence-electron chi connectivity index (χ4n) is 3.22. The summed E-state index contributed by atoms with van der Waals surface area (Å²) in [7, 11) is 0. The van der Waals surface area contributed by atoms with Crippen molar-refractivity contribution in [2.75, 3.05) is 18.8 Å². The SMILES string of the molecule is O=C(CSc1nnc(-c2ccco2)n1Cc1ccco1)N1CCCCCC1. The van der Waals surface area contributed by atoms with Crippen molar-refractivity contribution < 1.29 is 13.6 Å². The van der Waals surface area contributed by atoms with Gasteiger partial charge in [-0.05, 0) is 37.1 Å². The van der Waals surface area contributed by atoms with Crippen molar-refractivity contribution in [1.82, 2.24) is 19.7 Å². The second-order valence-electron chi connectivity index (χ2n) is 6.53. The number of furan rings is 2. The monoisotopic (exact) mass is 386 g/mol. The lowest BCUT2D eigenvalue weighted by Crippen LogP contribution is -2.33. The number of amides is 1. The van der Waals surface area contributed by atoms with Crippen LogP contribution in [0.1, 0.15) is 31.4 Å². The Bertz CT molecular complexity index is 850. The predicted octanol–water partition coefficient (Wildman–Crippen LogP) is 3.67. The molecule has 4 rings (SSSR count). The maximum absolute atomic E-state index is 12.6. The van der Waals surface area contributed by atoms with E-state index in [4.69, 9.17) is 8.83 Å². The molecule has 27 heavy (non-hydrogen) atoms. The van der Waals surface area contributed by atoms with Crippen LogP contribution in [-0.4, -0.2) is 44.4 Å². The number of likely N-dealkylation sites (tertiary alicyclic amines) is 1. The van der Waals surface area contributed by atoms with Gasteiger partial charge in [0.1, 0.15) is 5.76 Å². The van der Waals surface area contributed by atoms with E-state index in [-0.39, 0.29) is 5.91 Å². The number of nitrogens with zero attached hydrogens (tertiary/aromatic N) is 4. The number of thioether (sulfide) groups is 1. The molecule has 1 fully saturated rings. The maximum Gasteiger partial charge on any atom is 0.233 e. The van der Waals surface area contributed by atoms with Crippen LogP contribution in [0.5, 0.6) is 0 Å². The van der Waals surface area contributed by atoms with Gasteiger partial charge in [0.2, 0.25) is 11.7 Å². The highest BCUT2D eigenvalue weighted by atomic mass is 32.2. The molecular formula is C19H22N4O3S. The first-order valence-electron chi connectivity index (χ1n) is 9.21. The molecule has 7 nitrogen and oxygen atoms in total. The molecule has 0 radical (unpaired) electrons. The quantitative estimate of drug-likeness (QED) is 0.602. The van der Waals surface area contributed by atoms with E-state index in [1.54, 1.807) is 12.5 Å². The van der Waals surface area contributed by atoms with E-state index in [2.05, 4.69) is 10.2 Å². The zero-order chi connectivity index (χ0) is 18.5. The first-order valence-corrected chi connectivity index (χ1v) is 10.2. The fourth-order valence-corrected chi connectivity index (χ4v) is 4.06. The Morgan fingerprint density at radius 2 is 1.81 bits per heavy atom. The van der Waals surface area contributed by atoms with E-state index >= 15 is 0 Å². The standard InChI is InChI=1S/C19H22N4O3S/c24-17(22-9-3-1-2-4-10-22)14-27-19-21-20-18(16-8-6-12-26-16)23(19)13-15-7-5-11-25-15/h5-8,11-12H,1-4,9-10,13-14H2. The third-order valence-corrected chi connectivity index (χ3v) is 5.59. The van der Waals surface area contributed by atoms with Crippen molar-refractivity contribution in [3.05, 3.63) is 42.6 Å². The number of hydrogen-bond donors (Lipinski definition) is 0. The molecule has 0 unspecified atom stereocenters. The molecule has 3 aromatic rings. The lowest BCUT2D eigenvalue weighted by molar-refractivity contribution is -0.128. The number of carbonyl (C=O) groups is 1. The lowest BCUT2D eigenvalue weighted by Gasteiger charge is -2.19. The molecule has 1 aliphatic rings. The Kier molecular flexibility index (Phi) is 5.62. The van der Waals surface area contributed by atoms with Crippen LogP contribution >= 0.6 is 11.8 Å². The number of hydrogen-bond acceptors (Lipinski definition) is 6. The highest BCUT2D eigenvalue weighted by Gasteiger charge is 2.20. The van der Waals surface area contributed by atoms with Crippen LogP contribution in [0.3, 0.4) is 0 Å². The molecule has 0 saturated carbocycles. The minimum absolute atomic E-state index is 0.161. The Balaban J connectivity index is 1.50. The van der Waals surface area contributed by atoms with Crippen LogP contribution in [0, 0.1) is 0 Å². The van der Waals surface area contributed by atoms with E-state index in [0.29, 0.717) is 29.0 Å². The Morgan fingerprint density at radius 1 is 1.04 bits per heavy atom. The van der Waals surface area contributed by atoms with Gasteiger partial charge < -0.3 is 13.7 Å². The van der Waals surface area contributed by atoms with Gasteiger partial charge in [-0.2, -0.15) is 0 Å². The zero-order valence-electron chi connectivity index (χ0n) is 15.0. The summed E-state index contributed by atoms with van der Waals surface area (Å²) in [5, 5.41) is 9.25. The molecular weight excluding hydrogens is 364 g/mol. The van der Waals surface area contributed by atoms with Gasteiger partial charge >= 0.3 is 0 Å². The summed E-state index contributed by atoms with van der Waals surface area (Å²) in [6.07, 6.45) is 7.85. The lowest BCUT2D eigenvalue weighted by atomic mass is 10.2. The smallest absolute Gasteiger partial charge is 0.233 e. The van der Waals surface area contributed by atoms with E-state index in [9.17, 15) is 4.79 Å². The van der Waals surface area contributed by atoms with Gasteiger partial charge in [0.05, 0.1) is 24.8 Å². The molecule has 1 aliphatic heterocycles. The first-order chi connectivity index (χ1) is 13.3. The summed E-state index contributed by atoms with van der Waals surface area (Å²) >= 11 is 1.41. The molecule has 0 atom stereocenters. The molecule has 8 heteroatoms. The average Bonchev–Trinajstić information content (AvgIpc) is 3.40. The molecule has 0 bridgehead atoms. The Morgan fingerprint density at radius 3 is 2.52 bits per heavy atom. The van der Waals surface area contributed by atoms with Crippen LogP contribution in [0.15, 0.2) is 50.8 Å². The molecule has 0 spiro atoms.